The summed E-state index contributed by atoms with van der Waals surface area (Å²) in [5.74, 6) is -1.19. The van der Waals surface area contributed by atoms with E-state index >= 15 is 0 Å². The summed E-state index contributed by atoms with van der Waals surface area (Å²) in [6, 6.07) is 10.5. The predicted octanol–water partition coefficient (Wildman–Crippen LogP) is 3.93. The number of benzene rings is 1. The van der Waals surface area contributed by atoms with Gasteiger partial charge in [0.15, 0.2) is 0 Å². The minimum atomic E-state index is -0.486. The molecule has 1 heterocycles. The van der Waals surface area contributed by atoms with Crippen LogP contribution in [0.2, 0.25) is 0 Å². The minimum Gasteiger partial charge on any atom is -0.348 e. The monoisotopic (exact) mass is 355 g/mol. The molecule has 0 aliphatic heterocycles. The molecular formula is C20H22FN3O2. The quantitative estimate of drug-likeness (QED) is 0.817. The number of amides is 2. The minimum absolute atomic E-state index is 0.114. The molecule has 3 rings (SSSR count). The van der Waals surface area contributed by atoms with Crippen molar-refractivity contribution in [2.45, 2.75) is 44.6 Å². The fourth-order valence-electron chi connectivity index (χ4n) is 3.13. The third-order valence-corrected chi connectivity index (χ3v) is 4.49. The number of hydrogen-bond acceptors (Lipinski definition) is 3. The van der Waals surface area contributed by atoms with Gasteiger partial charge < -0.3 is 10.6 Å². The van der Waals surface area contributed by atoms with Crippen LogP contribution in [0.25, 0.3) is 0 Å². The van der Waals surface area contributed by atoms with E-state index < -0.39 is 11.7 Å². The van der Waals surface area contributed by atoms with Crippen LogP contribution in [0, 0.1) is 5.82 Å². The van der Waals surface area contributed by atoms with Crippen LogP contribution in [-0.4, -0.2) is 22.8 Å². The molecule has 1 aromatic heterocycles. The highest BCUT2D eigenvalue weighted by atomic mass is 19.1. The molecule has 26 heavy (non-hydrogen) atoms. The van der Waals surface area contributed by atoms with Crippen molar-refractivity contribution in [2.24, 2.45) is 0 Å². The van der Waals surface area contributed by atoms with Gasteiger partial charge in [0.1, 0.15) is 17.2 Å². The maximum absolute atomic E-state index is 13.2. The average Bonchev–Trinajstić information content (AvgIpc) is 2.90. The molecule has 0 spiro atoms. The summed E-state index contributed by atoms with van der Waals surface area (Å²) in [4.78, 5) is 28.9. The first-order chi connectivity index (χ1) is 12.6. The van der Waals surface area contributed by atoms with E-state index in [-0.39, 0.29) is 23.3 Å². The first kappa shape index (κ1) is 18.0. The third-order valence-electron chi connectivity index (χ3n) is 4.49. The topological polar surface area (TPSA) is 71.1 Å². The van der Waals surface area contributed by atoms with Gasteiger partial charge in [-0.1, -0.05) is 37.8 Å². The summed E-state index contributed by atoms with van der Waals surface area (Å²) in [6.07, 6.45) is 6.61. The van der Waals surface area contributed by atoms with Gasteiger partial charge in [-0.3, -0.25) is 9.59 Å². The van der Waals surface area contributed by atoms with Gasteiger partial charge >= 0.3 is 0 Å². The fraction of sp³-hybridized carbons (Fsp3) is 0.350. The number of pyridine rings is 1. The second-order valence-corrected chi connectivity index (χ2v) is 6.53. The largest absolute Gasteiger partial charge is 0.348 e. The number of rotatable bonds is 4. The van der Waals surface area contributed by atoms with Gasteiger partial charge in [-0.25, -0.2) is 9.37 Å². The fourth-order valence-corrected chi connectivity index (χ4v) is 3.13. The van der Waals surface area contributed by atoms with E-state index in [2.05, 4.69) is 15.6 Å². The lowest BCUT2D eigenvalue weighted by molar-refractivity contribution is 0.0928. The molecule has 2 N–H and O–H groups in total. The van der Waals surface area contributed by atoms with E-state index in [1.165, 1.54) is 37.1 Å². The SMILES string of the molecule is O=C(Nc1cccc(F)c1)c1cccc(C(=O)NC2CCCCCC2)n1. The highest BCUT2D eigenvalue weighted by molar-refractivity contribution is 6.03. The summed E-state index contributed by atoms with van der Waals surface area (Å²) < 4.78 is 13.2. The van der Waals surface area contributed by atoms with Gasteiger partial charge in [0.2, 0.25) is 0 Å². The maximum atomic E-state index is 13.2. The van der Waals surface area contributed by atoms with Crippen molar-refractivity contribution in [3.63, 3.8) is 0 Å². The van der Waals surface area contributed by atoms with Crippen LogP contribution < -0.4 is 10.6 Å². The van der Waals surface area contributed by atoms with Gasteiger partial charge in [-0.15, -0.1) is 0 Å². The number of hydrogen-bond donors (Lipinski definition) is 2. The molecule has 1 fully saturated rings. The van der Waals surface area contributed by atoms with Crippen LogP contribution in [0.15, 0.2) is 42.5 Å². The predicted molar refractivity (Wildman–Crippen MR) is 97.5 cm³/mol. The van der Waals surface area contributed by atoms with Crippen LogP contribution in [0.3, 0.4) is 0 Å². The van der Waals surface area contributed by atoms with E-state index in [0.29, 0.717) is 5.69 Å². The Balaban J connectivity index is 1.66. The lowest BCUT2D eigenvalue weighted by atomic mass is 10.1. The zero-order valence-electron chi connectivity index (χ0n) is 14.5. The summed E-state index contributed by atoms with van der Waals surface area (Å²) in [6.45, 7) is 0. The van der Waals surface area contributed by atoms with Gasteiger partial charge in [0, 0.05) is 11.7 Å². The van der Waals surface area contributed by atoms with Crippen LogP contribution in [0.1, 0.15) is 59.5 Å². The van der Waals surface area contributed by atoms with Crippen molar-refractivity contribution in [1.29, 1.82) is 0 Å². The lowest BCUT2D eigenvalue weighted by Crippen LogP contribution is -2.35. The number of aromatic nitrogens is 1. The van der Waals surface area contributed by atoms with Crippen LogP contribution in [0.5, 0.6) is 0 Å². The lowest BCUT2D eigenvalue weighted by Gasteiger charge is -2.16. The first-order valence-corrected chi connectivity index (χ1v) is 8.96. The molecule has 5 nitrogen and oxygen atoms in total. The van der Waals surface area contributed by atoms with E-state index in [0.717, 1.165) is 25.7 Å². The number of nitrogens with one attached hydrogen (secondary N) is 2. The number of carbonyl (C=O) groups excluding carboxylic acids is 2. The van der Waals surface area contributed by atoms with Crippen molar-refractivity contribution < 1.29 is 14.0 Å². The van der Waals surface area contributed by atoms with Gasteiger partial charge in [-0.05, 0) is 43.2 Å². The highest BCUT2D eigenvalue weighted by Gasteiger charge is 2.18. The second kappa shape index (κ2) is 8.56. The molecule has 1 saturated carbocycles. The molecule has 1 aliphatic rings. The maximum Gasteiger partial charge on any atom is 0.274 e. The van der Waals surface area contributed by atoms with E-state index in [1.807, 2.05) is 0 Å². The van der Waals surface area contributed by atoms with Crippen molar-refractivity contribution in [3.05, 3.63) is 59.7 Å². The molecular weight excluding hydrogens is 333 g/mol. The summed E-state index contributed by atoms with van der Waals surface area (Å²) in [5.41, 5.74) is 0.661. The van der Waals surface area contributed by atoms with E-state index in [4.69, 9.17) is 0 Å². The van der Waals surface area contributed by atoms with Crippen molar-refractivity contribution in [1.82, 2.24) is 10.3 Å². The molecule has 0 bridgehead atoms. The standard InChI is InChI=1S/C20H22FN3O2/c21-14-7-5-10-16(13-14)23-20(26)18-12-6-11-17(24-18)19(25)22-15-8-3-1-2-4-9-15/h5-7,10-13,15H,1-4,8-9H2,(H,22,25)(H,23,26). The van der Waals surface area contributed by atoms with E-state index in [1.54, 1.807) is 18.2 Å². The Hall–Kier alpha value is -2.76. The van der Waals surface area contributed by atoms with Crippen molar-refractivity contribution in [2.75, 3.05) is 5.32 Å². The smallest absolute Gasteiger partial charge is 0.274 e. The molecule has 1 aliphatic carbocycles. The van der Waals surface area contributed by atoms with Gasteiger partial charge in [0.25, 0.3) is 11.8 Å². The summed E-state index contributed by atoms with van der Waals surface area (Å²) in [7, 11) is 0. The van der Waals surface area contributed by atoms with Crippen LogP contribution in [0.4, 0.5) is 10.1 Å². The Morgan fingerprint density at radius 3 is 2.27 bits per heavy atom. The highest BCUT2D eigenvalue weighted by Crippen LogP contribution is 2.17. The third kappa shape index (κ3) is 4.88. The summed E-state index contributed by atoms with van der Waals surface area (Å²) >= 11 is 0. The Morgan fingerprint density at radius 1 is 0.923 bits per heavy atom. The Labute approximate surface area is 152 Å². The van der Waals surface area contributed by atoms with Crippen LogP contribution in [-0.2, 0) is 0 Å². The first-order valence-electron chi connectivity index (χ1n) is 8.96. The van der Waals surface area contributed by atoms with Gasteiger partial charge in [-0.2, -0.15) is 0 Å². The number of halogens is 1. The van der Waals surface area contributed by atoms with Crippen LogP contribution >= 0.6 is 0 Å². The second-order valence-electron chi connectivity index (χ2n) is 6.53. The van der Waals surface area contributed by atoms with Crippen molar-refractivity contribution >= 4 is 17.5 Å². The molecule has 0 unspecified atom stereocenters. The number of anilines is 1. The molecule has 0 radical (unpaired) electrons. The van der Waals surface area contributed by atoms with E-state index in [9.17, 15) is 14.0 Å². The van der Waals surface area contributed by atoms with Crippen molar-refractivity contribution in [3.8, 4) is 0 Å². The number of nitrogens with zero attached hydrogens (tertiary/aromatic N) is 1. The normalized spacial score (nSPS) is 15.1. The zero-order chi connectivity index (χ0) is 18.4. The number of carbonyl (C=O) groups is 2. The molecule has 136 valence electrons. The Kier molecular flexibility index (Phi) is 5.94. The molecule has 1 aromatic carbocycles. The molecule has 2 amide bonds. The molecule has 0 atom stereocenters. The zero-order valence-corrected chi connectivity index (χ0v) is 14.5. The Morgan fingerprint density at radius 2 is 1.58 bits per heavy atom. The average molecular weight is 355 g/mol. The molecule has 6 heteroatoms. The molecule has 2 aromatic rings. The summed E-state index contributed by atoms with van der Waals surface area (Å²) in [5, 5.41) is 5.60. The van der Waals surface area contributed by atoms with Gasteiger partial charge in [0.05, 0.1) is 0 Å². The molecule has 0 saturated heterocycles. The Bertz CT molecular complexity index is 786.